The van der Waals surface area contributed by atoms with E-state index < -0.39 is 6.10 Å². The maximum atomic E-state index is 11.7. The van der Waals surface area contributed by atoms with E-state index in [1.165, 1.54) is 6.21 Å². The van der Waals surface area contributed by atoms with Crippen LogP contribution in [-0.2, 0) is 4.79 Å². The minimum absolute atomic E-state index is 0.170. The van der Waals surface area contributed by atoms with E-state index in [0.29, 0.717) is 18.8 Å². The lowest BCUT2D eigenvalue weighted by Crippen LogP contribution is -2.18. The van der Waals surface area contributed by atoms with Crippen LogP contribution < -0.4 is 10.2 Å². The van der Waals surface area contributed by atoms with Crippen molar-refractivity contribution >= 4 is 12.1 Å². The lowest BCUT2D eigenvalue weighted by Gasteiger charge is -2.11. The number of aliphatic hydroxyl groups excluding tert-OH is 1. The molecule has 1 aromatic carbocycles. The SMILES string of the molecule is CCOc1ccc([C@H](O)CCC(=O)N/N=C\c2ccc(C)o2)cc1. The fourth-order valence-corrected chi connectivity index (χ4v) is 2.13. The number of hydrogen-bond acceptors (Lipinski definition) is 5. The van der Waals surface area contributed by atoms with Gasteiger partial charge in [0.2, 0.25) is 5.91 Å². The number of hydrogen-bond donors (Lipinski definition) is 2. The van der Waals surface area contributed by atoms with E-state index in [-0.39, 0.29) is 12.3 Å². The maximum Gasteiger partial charge on any atom is 0.240 e. The summed E-state index contributed by atoms with van der Waals surface area (Å²) in [6.07, 6.45) is 1.22. The van der Waals surface area contributed by atoms with Crippen molar-refractivity contribution in [2.75, 3.05) is 6.61 Å². The molecule has 1 heterocycles. The standard InChI is InChI=1S/C18H22N2O4/c1-3-23-15-8-5-14(6-9-15)17(21)10-11-18(22)20-19-12-16-7-4-13(2)24-16/h4-9,12,17,21H,3,10-11H2,1-2H3,(H,20,22)/b19-12-/t17-/m1/s1. The van der Waals surface area contributed by atoms with Crippen molar-refractivity contribution in [3.05, 3.63) is 53.5 Å². The highest BCUT2D eigenvalue weighted by atomic mass is 16.5. The van der Waals surface area contributed by atoms with Gasteiger partial charge in [-0.3, -0.25) is 4.79 Å². The van der Waals surface area contributed by atoms with Crippen LogP contribution in [0.15, 0.2) is 45.9 Å². The van der Waals surface area contributed by atoms with Gasteiger partial charge in [0.15, 0.2) is 0 Å². The summed E-state index contributed by atoms with van der Waals surface area (Å²) in [5.74, 6) is 1.84. The van der Waals surface area contributed by atoms with Crippen LogP contribution in [0.1, 0.15) is 43.0 Å². The van der Waals surface area contributed by atoms with Gasteiger partial charge >= 0.3 is 0 Å². The van der Waals surface area contributed by atoms with E-state index in [1.54, 1.807) is 30.3 Å². The number of carbonyl (C=O) groups is 1. The van der Waals surface area contributed by atoms with Crippen LogP contribution in [0.4, 0.5) is 0 Å². The molecular weight excluding hydrogens is 308 g/mol. The molecule has 0 aliphatic heterocycles. The predicted octanol–water partition coefficient (Wildman–Crippen LogP) is 2.95. The van der Waals surface area contributed by atoms with Gasteiger partial charge in [-0.2, -0.15) is 5.10 Å². The molecule has 2 N–H and O–H groups in total. The van der Waals surface area contributed by atoms with Crippen LogP contribution in [0.25, 0.3) is 0 Å². The Morgan fingerprint density at radius 3 is 2.71 bits per heavy atom. The summed E-state index contributed by atoms with van der Waals surface area (Å²) in [4.78, 5) is 11.7. The number of carbonyl (C=O) groups excluding carboxylic acids is 1. The summed E-state index contributed by atoms with van der Waals surface area (Å²) in [6.45, 7) is 4.34. The smallest absolute Gasteiger partial charge is 0.240 e. The first kappa shape index (κ1) is 17.7. The Morgan fingerprint density at radius 1 is 1.33 bits per heavy atom. The number of aryl methyl sites for hydroxylation is 1. The molecule has 24 heavy (non-hydrogen) atoms. The molecule has 128 valence electrons. The molecule has 0 aliphatic carbocycles. The van der Waals surface area contributed by atoms with Gasteiger partial charge in [-0.1, -0.05) is 12.1 Å². The second kappa shape index (κ2) is 8.88. The summed E-state index contributed by atoms with van der Waals surface area (Å²) in [5, 5.41) is 13.9. The fraction of sp³-hybridized carbons (Fsp3) is 0.333. The summed E-state index contributed by atoms with van der Waals surface area (Å²) < 4.78 is 10.6. The van der Waals surface area contributed by atoms with Crippen LogP contribution >= 0.6 is 0 Å². The molecule has 1 atom stereocenters. The molecule has 0 bridgehead atoms. The topological polar surface area (TPSA) is 84.1 Å². The Hall–Kier alpha value is -2.60. The monoisotopic (exact) mass is 330 g/mol. The molecule has 0 saturated heterocycles. The van der Waals surface area contributed by atoms with Crippen LogP contribution in [0.5, 0.6) is 5.75 Å². The molecule has 1 amide bonds. The Bertz CT molecular complexity index is 677. The van der Waals surface area contributed by atoms with Crippen molar-refractivity contribution in [3.63, 3.8) is 0 Å². The number of aliphatic hydroxyl groups is 1. The zero-order valence-electron chi connectivity index (χ0n) is 13.9. The van der Waals surface area contributed by atoms with Gasteiger partial charge in [0.05, 0.1) is 18.9 Å². The lowest BCUT2D eigenvalue weighted by atomic mass is 10.0. The van der Waals surface area contributed by atoms with Crippen molar-refractivity contribution in [1.29, 1.82) is 0 Å². The number of furan rings is 1. The average molecular weight is 330 g/mol. The second-order valence-electron chi connectivity index (χ2n) is 5.30. The molecule has 0 unspecified atom stereocenters. The van der Waals surface area contributed by atoms with E-state index in [1.807, 2.05) is 19.9 Å². The van der Waals surface area contributed by atoms with E-state index in [9.17, 15) is 9.90 Å². The molecule has 0 saturated carbocycles. The van der Waals surface area contributed by atoms with Gasteiger partial charge in [0.1, 0.15) is 17.3 Å². The second-order valence-corrected chi connectivity index (χ2v) is 5.30. The summed E-state index contributed by atoms with van der Waals surface area (Å²) in [7, 11) is 0. The highest BCUT2D eigenvalue weighted by Gasteiger charge is 2.10. The predicted molar refractivity (Wildman–Crippen MR) is 91.0 cm³/mol. The molecular formula is C18H22N2O4. The minimum atomic E-state index is -0.705. The average Bonchev–Trinajstić information content (AvgIpc) is 2.99. The molecule has 6 nitrogen and oxygen atoms in total. The Labute approximate surface area is 141 Å². The molecule has 0 spiro atoms. The largest absolute Gasteiger partial charge is 0.494 e. The molecule has 6 heteroatoms. The van der Waals surface area contributed by atoms with Crippen molar-refractivity contribution in [3.8, 4) is 5.75 Å². The maximum absolute atomic E-state index is 11.7. The molecule has 0 fully saturated rings. The number of nitrogens with zero attached hydrogens (tertiary/aromatic N) is 1. The van der Waals surface area contributed by atoms with Crippen molar-refractivity contribution < 1.29 is 19.1 Å². The third-order valence-electron chi connectivity index (χ3n) is 3.36. The van der Waals surface area contributed by atoms with E-state index in [0.717, 1.165) is 17.1 Å². The molecule has 2 aromatic rings. The number of amides is 1. The molecule has 2 rings (SSSR count). The van der Waals surface area contributed by atoms with Crippen molar-refractivity contribution in [1.82, 2.24) is 5.43 Å². The van der Waals surface area contributed by atoms with Gasteiger partial charge < -0.3 is 14.3 Å². The summed E-state index contributed by atoms with van der Waals surface area (Å²) in [6, 6.07) is 10.8. The lowest BCUT2D eigenvalue weighted by molar-refractivity contribution is -0.121. The third-order valence-corrected chi connectivity index (χ3v) is 3.36. The zero-order chi connectivity index (χ0) is 17.4. The van der Waals surface area contributed by atoms with Gasteiger partial charge in [-0.25, -0.2) is 5.43 Å². The number of benzene rings is 1. The van der Waals surface area contributed by atoms with Crippen LogP contribution in [0, 0.1) is 6.92 Å². The first-order valence-electron chi connectivity index (χ1n) is 7.87. The Balaban J connectivity index is 1.75. The van der Waals surface area contributed by atoms with Gasteiger partial charge in [0.25, 0.3) is 0 Å². The van der Waals surface area contributed by atoms with Gasteiger partial charge in [-0.15, -0.1) is 0 Å². The molecule has 1 aromatic heterocycles. The molecule has 0 radical (unpaired) electrons. The molecule has 0 aliphatic rings. The number of nitrogens with one attached hydrogen (secondary N) is 1. The Morgan fingerprint density at radius 2 is 2.08 bits per heavy atom. The van der Waals surface area contributed by atoms with Crippen LogP contribution in [0.3, 0.4) is 0 Å². The van der Waals surface area contributed by atoms with Crippen molar-refractivity contribution in [2.24, 2.45) is 5.10 Å². The van der Waals surface area contributed by atoms with E-state index in [4.69, 9.17) is 9.15 Å². The van der Waals surface area contributed by atoms with E-state index >= 15 is 0 Å². The summed E-state index contributed by atoms with van der Waals surface area (Å²) >= 11 is 0. The quantitative estimate of drug-likeness (QED) is 0.576. The highest BCUT2D eigenvalue weighted by molar-refractivity contribution is 5.80. The normalized spacial score (nSPS) is 12.3. The van der Waals surface area contributed by atoms with E-state index in [2.05, 4.69) is 10.5 Å². The number of hydrazone groups is 1. The highest BCUT2D eigenvalue weighted by Crippen LogP contribution is 2.21. The number of rotatable bonds is 8. The first-order valence-corrected chi connectivity index (χ1v) is 7.87. The van der Waals surface area contributed by atoms with Crippen LogP contribution in [-0.4, -0.2) is 23.8 Å². The Kier molecular flexibility index (Phi) is 6.57. The fourth-order valence-electron chi connectivity index (χ4n) is 2.13. The minimum Gasteiger partial charge on any atom is -0.494 e. The van der Waals surface area contributed by atoms with Gasteiger partial charge in [0, 0.05) is 6.42 Å². The van der Waals surface area contributed by atoms with Crippen LogP contribution in [0.2, 0.25) is 0 Å². The zero-order valence-corrected chi connectivity index (χ0v) is 13.9. The summed E-state index contributed by atoms with van der Waals surface area (Å²) in [5.41, 5.74) is 3.16. The van der Waals surface area contributed by atoms with Crippen molar-refractivity contribution in [2.45, 2.75) is 32.8 Å². The first-order chi connectivity index (χ1) is 11.6. The van der Waals surface area contributed by atoms with Gasteiger partial charge in [-0.05, 0) is 50.1 Å². The number of ether oxygens (including phenoxy) is 1. The third kappa shape index (κ3) is 5.55.